The Bertz CT molecular complexity index is 1570. The SMILES string of the molecule is CCCCCOc1cccc(C2C(=C(O)c3nc4c(C)cccn4c3C)C(=O)C(=O)N2CCc2ccccc2)c1. The number of likely N-dealkylation sites (tertiary alicyclic amines) is 1. The molecule has 1 unspecified atom stereocenters. The maximum Gasteiger partial charge on any atom is 0.295 e. The molecule has 2 aromatic heterocycles. The lowest BCUT2D eigenvalue weighted by molar-refractivity contribution is -0.139. The van der Waals surface area contributed by atoms with Crippen molar-refractivity contribution in [3.05, 3.63) is 107 Å². The van der Waals surface area contributed by atoms with Crippen molar-refractivity contribution in [2.24, 2.45) is 0 Å². The Labute approximate surface area is 234 Å². The normalized spacial score (nSPS) is 16.7. The van der Waals surface area contributed by atoms with Crippen molar-refractivity contribution in [3.63, 3.8) is 0 Å². The molecule has 5 rings (SSSR count). The lowest BCUT2D eigenvalue weighted by Gasteiger charge is -2.25. The monoisotopic (exact) mass is 537 g/mol. The van der Waals surface area contributed by atoms with E-state index in [1.807, 2.05) is 91.2 Å². The first kappa shape index (κ1) is 27.2. The molecule has 1 amide bonds. The minimum Gasteiger partial charge on any atom is -0.505 e. The van der Waals surface area contributed by atoms with Crippen molar-refractivity contribution >= 4 is 23.1 Å². The number of pyridine rings is 1. The van der Waals surface area contributed by atoms with E-state index in [-0.39, 0.29) is 11.3 Å². The molecule has 1 aliphatic heterocycles. The number of aliphatic hydroxyl groups excluding tert-OH is 1. The Balaban J connectivity index is 1.59. The Morgan fingerprint density at radius 2 is 1.80 bits per heavy atom. The van der Waals surface area contributed by atoms with E-state index in [9.17, 15) is 14.7 Å². The maximum atomic E-state index is 13.6. The zero-order valence-electron chi connectivity index (χ0n) is 23.3. The fourth-order valence-electron chi connectivity index (χ4n) is 5.34. The van der Waals surface area contributed by atoms with Crippen molar-refractivity contribution in [2.45, 2.75) is 52.5 Å². The van der Waals surface area contributed by atoms with E-state index < -0.39 is 17.7 Å². The molecule has 0 spiro atoms. The first-order chi connectivity index (χ1) is 19.4. The van der Waals surface area contributed by atoms with E-state index in [0.29, 0.717) is 47.9 Å². The van der Waals surface area contributed by atoms with Gasteiger partial charge in [-0.25, -0.2) is 4.98 Å². The summed E-state index contributed by atoms with van der Waals surface area (Å²) in [5.74, 6) is -0.936. The summed E-state index contributed by atoms with van der Waals surface area (Å²) in [5.41, 5.74) is 4.44. The molecular weight excluding hydrogens is 502 g/mol. The van der Waals surface area contributed by atoms with Crippen molar-refractivity contribution < 1.29 is 19.4 Å². The second-order valence-corrected chi connectivity index (χ2v) is 10.3. The summed E-state index contributed by atoms with van der Waals surface area (Å²) >= 11 is 0. The first-order valence-corrected chi connectivity index (χ1v) is 13.9. The first-order valence-electron chi connectivity index (χ1n) is 13.9. The molecule has 1 saturated heterocycles. The molecule has 0 bridgehead atoms. The van der Waals surface area contributed by atoms with E-state index in [1.54, 1.807) is 4.90 Å². The van der Waals surface area contributed by atoms with Crippen LogP contribution in [0.4, 0.5) is 0 Å². The quantitative estimate of drug-likeness (QED) is 0.113. The highest BCUT2D eigenvalue weighted by Crippen LogP contribution is 2.40. The van der Waals surface area contributed by atoms with Crippen LogP contribution >= 0.6 is 0 Å². The number of aliphatic hydroxyl groups is 1. The van der Waals surface area contributed by atoms with E-state index in [0.717, 1.165) is 30.4 Å². The van der Waals surface area contributed by atoms with Gasteiger partial charge >= 0.3 is 0 Å². The van der Waals surface area contributed by atoms with Gasteiger partial charge in [-0.1, -0.05) is 68.3 Å². The zero-order valence-corrected chi connectivity index (χ0v) is 23.3. The number of rotatable bonds is 10. The second-order valence-electron chi connectivity index (χ2n) is 10.3. The second kappa shape index (κ2) is 11.8. The number of imidazole rings is 1. The van der Waals surface area contributed by atoms with E-state index in [1.165, 1.54) is 0 Å². The van der Waals surface area contributed by atoms with Crippen molar-refractivity contribution in [2.75, 3.05) is 13.2 Å². The minimum atomic E-state index is -0.770. The smallest absolute Gasteiger partial charge is 0.295 e. The molecule has 0 aliphatic carbocycles. The number of Topliss-reactive ketones (excluding diaryl/α,β-unsaturated/α-hetero) is 1. The third-order valence-corrected chi connectivity index (χ3v) is 7.52. The highest BCUT2D eigenvalue weighted by molar-refractivity contribution is 6.46. The summed E-state index contributed by atoms with van der Waals surface area (Å²) < 4.78 is 7.88. The van der Waals surface area contributed by atoms with Crippen LogP contribution in [0.15, 0.2) is 78.5 Å². The standard InChI is InChI=1S/C33H35N3O4/c1-4-5-9-20-40-26-16-10-15-25(21-26)29-27(30(37)28-23(3)35-18-11-12-22(2)32(35)34-28)31(38)33(39)36(29)19-17-24-13-7-6-8-14-24/h6-8,10-16,18,21,29,37H,4-5,9,17,19-20H2,1-3H3. The molecule has 40 heavy (non-hydrogen) atoms. The average Bonchev–Trinajstić information content (AvgIpc) is 3.44. The summed E-state index contributed by atoms with van der Waals surface area (Å²) in [6.45, 7) is 6.84. The number of benzene rings is 2. The van der Waals surface area contributed by atoms with Gasteiger partial charge in [0.1, 0.15) is 17.1 Å². The average molecular weight is 538 g/mol. The molecule has 1 fully saturated rings. The van der Waals surface area contributed by atoms with Crippen LogP contribution in [0.25, 0.3) is 11.4 Å². The number of nitrogens with zero attached hydrogens (tertiary/aromatic N) is 3. The number of ether oxygens (including phenoxy) is 1. The van der Waals surface area contributed by atoms with Gasteiger partial charge in [-0.05, 0) is 61.6 Å². The Morgan fingerprint density at radius 1 is 1.00 bits per heavy atom. The fourth-order valence-corrected chi connectivity index (χ4v) is 5.34. The highest BCUT2D eigenvalue weighted by atomic mass is 16.5. The van der Waals surface area contributed by atoms with Crippen LogP contribution in [0.2, 0.25) is 0 Å². The van der Waals surface area contributed by atoms with Gasteiger partial charge in [0.25, 0.3) is 11.7 Å². The number of unbranched alkanes of at least 4 members (excludes halogenated alkanes) is 2. The van der Waals surface area contributed by atoms with Gasteiger partial charge in [0.15, 0.2) is 5.76 Å². The molecule has 1 aliphatic rings. The van der Waals surface area contributed by atoms with Crippen molar-refractivity contribution in [1.29, 1.82) is 0 Å². The summed E-state index contributed by atoms with van der Waals surface area (Å²) in [6.07, 6.45) is 5.57. The Kier molecular flexibility index (Phi) is 8.01. The summed E-state index contributed by atoms with van der Waals surface area (Å²) in [4.78, 5) is 33.3. The van der Waals surface area contributed by atoms with Crippen LogP contribution in [0.3, 0.4) is 0 Å². The molecule has 7 nitrogen and oxygen atoms in total. The number of aromatic nitrogens is 2. The number of carbonyl (C=O) groups excluding carboxylic acids is 2. The van der Waals surface area contributed by atoms with Crippen LogP contribution in [-0.4, -0.2) is 44.2 Å². The van der Waals surface area contributed by atoms with Gasteiger partial charge in [-0.3, -0.25) is 9.59 Å². The predicted octanol–water partition coefficient (Wildman–Crippen LogP) is 6.18. The topological polar surface area (TPSA) is 84.1 Å². The van der Waals surface area contributed by atoms with Crippen molar-refractivity contribution in [3.8, 4) is 5.75 Å². The van der Waals surface area contributed by atoms with Gasteiger partial charge < -0.3 is 19.1 Å². The molecule has 0 saturated carbocycles. The van der Waals surface area contributed by atoms with Gasteiger partial charge in [0.2, 0.25) is 0 Å². The lowest BCUT2D eigenvalue weighted by atomic mass is 9.96. The Hall–Kier alpha value is -4.39. The molecule has 0 radical (unpaired) electrons. The van der Waals surface area contributed by atoms with Crippen LogP contribution in [0.1, 0.15) is 60.3 Å². The molecule has 4 aromatic rings. The third kappa shape index (κ3) is 5.24. The third-order valence-electron chi connectivity index (χ3n) is 7.52. The minimum absolute atomic E-state index is 0.0466. The van der Waals surface area contributed by atoms with Crippen LogP contribution in [0, 0.1) is 13.8 Å². The molecule has 7 heteroatoms. The van der Waals surface area contributed by atoms with E-state index in [4.69, 9.17) is 4.74 Å². The van der Waals surface area contributed by atoms with Gasteiger partial charge in [0, 0.05) is 12.7 Å². The number of hydrogen-bond acceptors (Lipinski definition) is 5. The summed E-state index contributed by atoms with van der Waals surface area (Å²) in [6, 6.07) is 20.4. The molecule has 1 atom stereocenters. The Morgan fingerprint density at radius 3 is 2.55 bits per heavy atom. The number of carbonyl (C=O) groups is 2. The predicted molar refractivity (Wildman–Crippen MR) is 155 cm³/mol. The number of amides is 1. The number of fused-ring (bicyclic) bond motifs is 1. The lowest BCUT2D eigenvalue weighted by Crippen LogP contribution is -2.31. The van der Waals surface area contributed by atoms with E-state index >= 15 is 0 Å². The van der Waals surface area contributed by atoms with Gasteiger partial charge in [0.05, 0.1) is 23.9 Å². The molecule has 3 heterocycles. The number of aryl methyl sites for hydroxylation is 2. The fraction of sp³-hybridized carbons (Fsp3) is 0.303. The molecule has 2 aromatic carbocycles. The van der Waals surface area contributed by atoms with Gasteiger partial charge in [-0.15, -0.1) is 0 Å². The van der Waals surface area contributed by atoms with Crippen LogP contribution in [-0.2, 0) is 16.0 Å². The number of hydrogen-bond donors (Lipinski definition) is 1. The largest absolute Gasteiger partial charge is 0.505 e. The molecule has 206 valence electrons. The number of ketones is 1. The van der Waals surface area contributed by atoms with Crippen LogP contribution < -0.4 is 4.74 Å². The molecule has 1 N–H and O–H groups in total. The highest BCUT2D eigenvalue weighted by Gasteiger charge is 2.46. The summed E-state index contributed by atoms with van der Waals surface area (Å²) in [7, 11) is 0. The van der Waals surface area contributed by atoms with E-state index in [2.05, 4.69) is 11.9 Å². The van der Waals surface area contributed by atoms with Gasteiger partial charge in [-0.2, -0.15) is 0 Å². The molecular formula is C33H35N3O4. The van der Waals surface area contributed by atoms with Crippen molar-refractivity contribution in [1.82, 2.24) is 14.3 Å². The maximum absolute atomic E-state index is 13.6. The zero-order chi connectivity index (χ0) is 28.2. The van der Waals surface area contributed by atoms with Crippen LogP contribution in [0.5, 0.6) is 5.75 Å². The summed E-state index contributed by atoms with van der Waals surface area (Å²) in [5, 5.41) is 11.7.